The van der Waals surface area contributed by atoms with Crippen molar-refractivity contribution in [3.8, 4) is 0 Å². The number of benzene rings is 1. The summed E-state index contributed by atoms with van der Waals surface area (Å²) in [5.41, 5.74) is 5.11. The van der Waals surface area contributed by atoms with Crippen LogP contribution < -0.4 is 0 Å². The Balaban J connectivity index is 1.10. The molecule has 0 amide bonds. The lowest BCUT2D eigenvalue weighted by Crippen LogP contribution is -2.34. The Bertz CT molecular complexity index is 1070. The molecule has 1 aromatic heterocycles. The Morgan fingerprint density at radius 1 is 1.14 bits per heavy atom. The summed E-state index contributed by atoms with van der Waals surface area (Å²) in [5, 5.41) is 10.1. The minimum absolute atomic E-state index is 0.00755. The largest absolute Gasteiger partial charge is 0.480 e. The van der Waals surface area contributed by atoms with Gasteiger partial charge in [0.2, 0.25) is 0 Å². The van der Waals surface area contributed by atoms with Gasteiger partial charge in [-0.2, -0.15) is 0 Å². The van der Waals surface area contributed by atoms with Gasteiger partial charge in [0.05, 0.1) is 12.7 Å². The third-order valence-corrected chi connectivity index (χ3v) is 7.90. The van der Waals surface area contributed by atoms with Crippen LogP contribution in [-0.2, 0) is 40.1 Å². The quantitative estimate of drug-likeness (QED) is 0.371. The first kappa shape index (κ1) is 26.3. The molecule has 7 heteroatoms. The molecule has 2 heterocycles. The second-order valence-corrected chi connectivity index (χ2v) is 10.9. The first-order valence-corrected chi connectivity index (χ1v) is 14.0. The van der Waals surface area contributed by atoms with E-state index in [1.54, 1.807) is 6.07 Å². The zero-order chi connectivity index (χ0) is 25.6. The van der Waals surface area contributed by atoms with E-state index in [0.717, 1.165) is 44.1 Å². The van der Waals surface area contributed by atoms with Gasteiger partial charge in [-0.25, -0.2) is 4.39 Å². The highest BCUT2D eigenvalue weighted by Crippen LogP contribution is 2.32. The predicted molar refractivity (Wildman–Crippen MR) is 139 cm³/mol. The SMILES string of the molecule is O=C(O)C(c1cc(F)ccc1COCC1CC1)N1CC[C@@H](OCCCCc2ccc3c(n2)CCCC3)C1. The molecule has 1 saturated carbocycles. The van der Waals surface area contributed by atoms with Crippen molar-refractivity contribution in [1.29, 1.82) is 0 Å². The molecule has 5 rings (SSSR count). The van der Waals surface area contributed by atoms with E-state index in [4.69, 9.17) is 14.5 Å². The lowest BCUT2D eigenvalue weighted by molar-refractivity contribution is -0.143. The molecular formula is C30H39FN2O4. The third-order valence-electron chi connectivity index (χ3n) is 7.90. The van der Waals surface area contributed by atoms with Crippen molar-refractivity contribution < 1.29 is 23.8 Å². The van der Waals surface area contributed by atoms with E-state index in [1.807, 2.05) is 4.90 Å². The number of likely N-dealkylation sites (tertiary alicyclic amines) is 1. The summed E-state index contributed by atoms with van der Waals surface area (Å²) in [6.45, 7) is 2.78. The number of fused-ring (bicyclic) bond motifs is 1. The molecule has 1 aromatic carbocycles. The maximum Gasteiger partial charge on any atom is 0.325 e. The van der Waals surface area contributed by atoms with E-state index in [0.29, 0.717) is 44.4 Å². The number of carboxylic acid groups (broad SMARTS) is 1. The van der Waals surface area contributed by atoms with Crippen LogP contribution in [0.25, 0.3) is 0 Å². The smallest absolute Gasteiger partial charge is 0.325 e. The number of carboxylic acids is 1. The van der Waals surface area contributed by atoms with Crippen molar-refractivity contribution in [2.75, 3.05) is 26.3 Å². The molecule has 2 aromatic rings. The third kappa shape index (κ3) is 7.15. The molecule has 1 saturated heterocycles. The highest BCUT2D eigenvalue weighted by Gasteiger charge is 2.35. The van der Waals surface area contributed by atoms with Crippen LogP contribution >= 0.6 is 0 Å². The van der Waals surface area contributed by atoms with Crippen molar-refractivity contribution in [3.63, 3.8) is 0 Å². The molecule has 37 heavy (non-hydrogen) atoms. The van der Waals surface area contributed by atoms with E-state index in [1.165, 1.54) is 54.8 Å². The first-order valence-electron chi connectivity index (χ1n) is 14.0. The van der Waals surface area contributed by atoms with Crippen LogP contribution in [0.5, 0.6) is 0 Å². The number of carbonyl (C=O) groups is 1. The monoisotopic (exact) mass is 510 g/mol. The average molecular weight is 511 g/mol. The molecule has 6 nitrogen and oxygen atoms in total. The van der Waals surface area contributed by atoms with Gasteiger partial charge in [0.15, 0.2) is 0 Å². The Labute approximate surface area is 219 Å². The second kappa shape index (κ2) is 12.5. The van der Waals surface area contributed by atoms with Crippen molar-refractivity contribution in [2.24, 2.45) is 5.92 Å². The topological polar surface area (TPSA) is 71.9 Å². The number of ether oxygens (including phenoxy) is 2. The van der Waals surface area contributed by atoms with Gasteiger partial charge in [-0.15, -0.1) is 0 Å². The second-order valence-electron chi connectivity index (χ2n) is 10.9. The molecule has 0 radical (unpaired) electrons. The maximum absolute atomic E-state index is 14.2. The van der Waals surface area contributed by atoms with Gasteiger partial charge < -0.3 is 14.6 Å². The summed E-state index contributed by atoms with van der Waals surface area (Å²) in [6, 6.07) is 7.92. The van der Waals surface area contributed by atoms with Gasteiger partial charge in [-0.05, 0) is 105 Å². The first-order chi connectivity index (χ1) is 18.1. The summed E-state index contributed by atoms with van der Waals surface area (Å²) < 4.78 is 26.1. The molecule has 1 aliphatic heterocycles. The number of rotatable bonds is 13. The van der Waals surface area contributed by atoms with Crippen molar-refractivity contribution >= 4 is 5.97 Å². The molecule has 2 aliphatic carbocycles. The average Bonchev–Trinajstić information content (AvgIpc) is 3.61. The Kier molecular flexibility index (Phi) is 8.85. The number of hydrogen-bond donors (Lipinski definition) is 1. The molecule has 3 aliphatic rings. The molecular weight excluding hydrogens is 471 g/mol. The Morgan fingerprint density at radius 3 is 2.84 bits per heavy atom. The highest BCUT2D eigenvalue weighted by atomic mass is 19.1. The summed E-state index contributed by atoms with van der Waals surface area (Å²) in [6.07, 6.45) is 10.9. The van der Waals surface area contributed by atoms with Crippen LogP contribution in [0.3, 0.4) is 0 Å². The summed E-state index contributed by atoms with van der Waals surface area (Å²) in [7, 11) is 0. The van der Waals surface area contributed by atoms with Crippen molar-refractivity contribution in [1.82, 2.24) is 9.88 Å². The van der Waals surface area contributed by atoms with Crippen LogP contribution in [0.2, 0.25) is 0 Å². The van der Waals surface area contributed by atoms with Crippen LogP contribution in [0.4, 0.5) is 4.39 Å². The highest BCUT2D eigenvalue weighted by molar-refractivity contribution is 5.76. The number of aliphatic carboxylic acids is 1. The fourth-order valence-corrected chi connectivity index (χ4v) is 5.61. The van der Waals surface area contributed by atoms with Crippen molar-refractivity contribution in [3.05, 3.63) is 64.2 Å². The zero-order valence-electron chi connectivity index (χ0n) is 21.7. The van der Waals surface area contributed by atoms with E-state index >= 15 is 0 Å². The fraction of sp³-hybridized carbons (Fsp3) is 0.600. The summed E-state index contributed by atoms with van der Waals surface area (Å²) in [5.74, 6) is -0.773. The van der Waals surface area contributed by atoms with Gasteiger partial charge in [-0.1, -0.05) is 12.1 Å². The molecule has 0 spiro atoms. The Hall–Kier alpha value is -2.35. The van der Waals surface area contributed by atoms with Crippen LogP contribution in [0.15, 0.2) is 30.3 Å². The zero-order valence-corrected chi connectivity index (χ0v) is 21.7. The maximum atomic E-state index is 14.2. The van der Waals surface area contributed by atoms with Gasteiger partial charge in [-0.3, -0.25) is 14.7 Å². The summed E-state index contributed by atoms with van der Waals surface area (Å²) in [4.78, 5) is 19.1. The van der Waals surface area contributed by atoms with E-state index in [9.17, 15) is 14.3 Å². The van der Waals surface area contributed by atoms with E-state index in [2.05, 4.69) is 12.1 Å². The number of halogens is 1. The van der Waals surface area contributed by atoms with Crippen molar-refractivity contribution in [2.45, 2.75) is 83.0 Å². The number of aryl methyl sites for hydroxylation is 3. The molecule has 2 atom stereocenters. The van der Waals surface area contributed by atoms with Crippen LogP contribution in [0.1, 0.15) is 79.1 Å². The number of nitrogens with zero attached hydrogens (tertiary/aromatic N) is 2. The molecule has 2 fully saturated rings. The Morgan fingerprint density at radius 2 is 2.00 bits per heavy atom. The molecule has 1 N–H and O–H groups in total. The summed E-state index contributed by atoms with van der Waals surface area (Å²) >= 11 is 0. The number of pyridine rings is 1. The number of unbranched alkanes of at least 4 members (excludes halogenated alkanes) is 1. The normalized spacial score (nSPS) is 20.6. The molecule has 200 valence electrons. The lowest BCUT2D eigenvalue weighted by atomic mass is 9.95. The van der Waals surface area contributed by atoms with Crippen LogP contribution in [-0.4, -0.2) is 53.4 Å². The number of aromatic nitrogens is 1. The van der Waals surface area contributed by atoms with Crippen LogP contribution in [0, 0.1) is 11.7 Å². The fourth-order valence-electron chi connectivity index (χ4n) is 5.61. The van der Waals surface area contributed by atoms with Gasteiger partial charge in [0.25, 0.3) is 0 Å². The minimum Gasteiger partial charge on any atom is -0.480 e. The standard InChI is InChI=1S/C30H39FN2O4/c31-24-12-10-23(20-36-19-21-8-9-21)27(17-24)29(30(34)35)33-15-14-26(18-33)37-16-4-3-6-25-13-11-22-5-1-2-7-28(22)32-25/h10-13,17,21,26,29H,1-9,14-16,18-20H2,(H,34,35)/t26-,29?/m1/s1. The molecule has 0 bridgehead atoms. The van der Waals surface area contributed by atoms with Gasteiger partial charge >= 0.3 is 5.97 Å². The number of hydrogen-bond acceptors (Lipinski definition) is 5. The lowest BCUT2D eigenvalue weighted by Gasteiger charge is -2.26. The predicted octanol–water partition coefficient (Wildman–Crippen LogP) is 5.27. The van der Waals surface area contributed by atoms with Gasteiger partial charge in [0, 0.05) is 37.7 Å². The minimum atomic E-state index is -0.966. The van der Waals surface area contributed by atoms with Gasteiger partial charge in [0.1, 0.15) is 11.9 Å². The van der Waals surface area contributed by atoms with E-state index in [-0.39, 0.29) is 6.10 Å². The molecule has 1 unspecified atom stereocenters. The van der Waals surface area contributed by atoms with E-state index < -0.39 is 17.8 Å².